The number of halogens is 1. The van der Waals surface area contributed by atoms with Gasteiger partial charge in [0.05, 0.1) is 6.54 Å². The van der Waals surface area contributed by atoms with Crippen molar-refractivity contribution >= 4 is 5.91 Å². The van der Waals surface area contributed by atoms with Crippen molar-refractivity contribution < 1.29 is 13.9 Å². The molecule has 0 N–H and O–H groups in total. The minimum absolute atomic E-state index is 0.0649. The van der Waals surface area contributed by atoms with Gasteiger partial charge in [-0.15, -0.1) is 0 Å². The Kier molecular flexibility index (Phi) is 3.72. The van der Waals surface area contributed by atoms with E-state index in [1.807, 2.05) is 0 Å². The highest BCUT2D eigenvalue weighted by atomic mass is 19.1. The van der Waals surface area contributed by atoms with Crippen LogP contribution in [0.4, 0.5) is 4.39 Å². The van der Waals surface area contributed by atoms with E-state index in [4.69, 9.17) is 4.74 Å². The van der Waals surface area contributed by atoms with Gasteiger partial charge in [0, 0.05) is 18.0 Å². The van der Waals surface area contributed by atoms with E-state index >= 15 is 0 Å². The van der Waals surface area contributed by atoms with Crippen LogP contribution in [-0.2, 0) is 11.3 Å². The van der Waals surface area contributed by atoms with E-state index in [2.05, 4.69) is 12.2 Å². The second kappa shape index (κ2) is 5.65. The van der Waals surface area contributed by atoms with Crippen LogP contribution in [0.5, 0.6) is 5.75 Å². The maximum atomic E-state index is 13.3. The molecule has 0 fully saturated rings. The van der Waals surface area contributed by atoms with Crippen LogP contribution >= 0.6 is 0 Å². The van der Waals surface area contributed by atoms with Crippen LogP contribution < -0.4 is 4.74 Å². The lowest BCUT2D eigenvalue weighted by molar-refractivity contribution is -0.136. The molecular formula is C16H18FNO2. The van der Waals surface area contributed by atoms with Crippen LogP contribution in [0.3, 0.4) is 0 Å². The number of rotatable bonds is 1. The molecule has 1 amide bonds. The number of carbonyl (C=O) groups excluding carboxylic acids is 1. The highest BCUT2D eigenvalue weighted by Crippen LogP contribution is 2.27. The standard InChI is InChI=1S/C16H18FNO2/c17-14-6-7-15-13(10-14)11-18(8-9-20-15)16(19)12-4-2-1-3-5-12/h1-2,6-7,10,12H,3-5,8-9,11H2. The summed E-state index contributed by atoms with van der Waals surface area (Å²) in [7, 11) is 0. The summed E-state index contributed by atoms with van der Waals surface area (Å²) in [5.74, 6) is 0.623. The van der Waals surface area contributed by atoms with Gasteiger partial charge in [-0.1, -0.05) is 12.2 Å². The smallest absolute Gasteiger partial charge is 0.226 e. The largest absolute Gasteiger partial charge is 0.491 e. The summed E-state index contributed by atoms with van der Waals surface area (Å²) < 4.78 is 18.9. The van der Waals surface area contributed by atoms with Crippen molar-refractivity contribution in [3.8, 4) is 5.75 Å². The van der Waals surface area contributed by atoms with Gasteiger partial charge in [-0.25, -0.2) is 4.39 Å². The average Bonchev–Trinajstić information content (AvgIpc) is 2.69. The van der Waals surface area contributed by atoms with Crippen LogP contribution in [-0.4, -0.2) is 24.0 Å². The van der Waals surface area contributed by atoms with Crippen molar-refractivity contribution in [2.24, 2.45) is 5.92 Å². The number of carbonyl (C=O) groups is 1. The number of benzene rings is 1. The quantitative estimate of drug-likeness (QED) is 0.738. The zero-order chi connectivity index (χ0) is 13.9. The molecule has 1 heterocycles. The van der Waals surface area contributed by atoms with E-state index in [1.54, 1.807) is 11.0 Å². The van der Waals surface area contributed by atoms with Gasteiger partial charge in [-0.2, -0.15) is 0 Å². The van der Waals surface area contributed by atoms with E-state index in [1.165, 1.54) is 12.1 Å². The molecule has 1 unspecified atom stereocenters. The number of amides is 1. The van der Waals surface area contributed by atoms with Crippen molar-refractivity contribution in [1.82, 2.24) is 4.90 Å². The summed E-state index contributed by atoms with van der Waals surface area (Å²) in [6, 6.07) is 4.49. The lowest BCUT2D eigenvalue weighted by Crippen LogP contribution is -2.37. The first-order valence-electron chi connectivity index (χ1n) is 7.09. The molecule has 1 aromatic carbocycles. The summed E-state index contributed by atoms with van der Waals surface area (Å²) in [6.07, 6.45) is 6.88. The third-order valence-corrected chi connectivity index (χ3v) is 3.93. The lowest BCUT2D eigenvalue weighted by Gasteiger charge is -2.26. The first kappa shape index (κ1) is 13.2. The lowest BCUT2D eigenvalue weighted by atomic mass is 9.93. The number of hydrogen-bond donors (Lipinski definition) is 0. The van der Waals surface area contributed by atoms with Gasteiger partial charge in [-0.3, -0.25) is 4.79 Å². The monoisotopic (exact) mass is 275 g/mol. The van der Waals surface area contributed by atoms with Crippen LogP contribution in [0.15, 0.2) is 30.4 Å². The topological polar surface area (TPSA) is 29.5 Å². The Balaban J connectivity index is 1.77. The average molecular weight is 275 g/mol. The summed E-state index contributed by atoms with van der Waals surface area (Å²) in [5.41, 5.74) is 0.752. The van der Waals surface area contributed by atoms with E-state index in [0.717, 1.165) is 24.8 Å². The van der Waals surface area contributed by atoms with Crippen molar-refractivity contribution in [3.05, 3.63) is 41.7 Å². The molecule has 0 saturated heterocycles. The second-order valence-corrected chi connectivity index (χ2v) is 5.34. The number of fused-ring (bicyclic) bond motifs is 1. The zero-order valence-electron chi connectivity index (χ0n) is 11.3. The number of hydrogen-bond acceptors (Lipinski definition) is 2. The predicted octanol–water partition coefficient (Wildman–Crippen LogP) is 2.90. The molecule has 1 aliphatic carbocycles. The van der Waals surface area contributed by atoms with Gasteiger partial charge in [0.1, 0.15) is 18.2 Å². The molecule has 2 aliphatic rings. The van der Waals surface area contributed by atoms with Gasteiger partial charge in [0.15, 0.2) is 0 Å². The Morgan fingerprint density at radius 3 is 3.05 bits per heavy atom. The molecule has 106 valence electrons. The van der Waals surface area contributed by atoms with Crippen LogP contribution in [0.2, 0.25) is 0 Å². The van der Waals surface area contributed by atoms with E-state index in [9.17, 15) is 9.18 Å². The minimum atomic E-state index is -0.290. The Morgan fingerprint density at radius 2 is 2.25 bits per heavy atom. The minimum Gasteiger partial charge on any atom is -0.491 e. The van der Waals surface area contributed by atoms with E-state index in [-0.39, 0.29) is 17.6 Å². The van der Waals surface area contributed by atoms with Crippen LogP contribution in [0.1, 0.15) is 24.8 Å². The predicted molar refractivity (Wildman–Crippen MR) is 73.8 cm³/mol. The fourth-order valence-corrected chi connectivity index (χ4v) is 2.83. The van der Waals surface area contributed by atoms with Crippen molar-refractivity contribution in [2.45, 2.75) is 25.8 Å². The van der Waals surface area contributed by atoms with Gasteiger partial charge in [-0.05, 0) is 37.5 Å². The Hall–Kier alpha value is -1.84. The molecule has 0 aromatic heterocycles. The number of nitrogens with zero attached hydrogens (tertiary/aromatic N) is 1. The van der Waals surface area contributed by atoms with Crippen molar-refractivity contribution in [1.29, 1.82) is 0 Å². The van der Waals surface area contributed by atoms with Gasteiger partial charge in [0.25, 0.3) is 0 Å². The molecule has 0 spiro atoms. The van der Waals surface area contributed by atoms with Crippen molar-refractivity contribution in [3.63, 3.8) is 0 Å². The summed E-state index contributed by atoms with van der Waals surface area (Å²) in [6.45, 7) is 1.47. The molecule has 1 aliphatic heterocycles. The summed E-state index contributed by atoms with van der Waals surface area (Å²) in [5, 5.41) is 0. The Labute approximate surface area is 118 Å². The maximum Gasteiger partial charge on any atom is 0.226 e. The normalized spacial score (nSPS) is 21.9. The fraction of sp³-hybridized carbons (Fsp3) is 0.438. The van der Waals surface area contributed by atoms with Crippen LogP contribution in [0, 0.1) is 11.7 Å². The van der Waals surface area contributed by atoms with E-state index < -0.39 is 0 Å². The summed E-state index contributed by atoms with van der Waals surface area (Å²) >= 11 is 0. The van der Waals surface area contributed by atoms with Crippen LogP contribution in [0.25, 0.3) is 0 Å². The second-order valence-electron chi connectivity index (χ2n) is 5.34. The third-order valence-electron chi connectivity index (χ3n) is 3.93. The maximum absolute atomic E-state index is 13.3. The van der Waals surface area contributed by atoms with Gasteiger partial charge >= 0.3 is 0 Å². The molecule has 0 radical (unpaired) electrons. The number of allylic oxidation sites excluding steroid dienone is 2. The summed E-state index contributed by atoms with van der Waals surface area (Å²) in [4.78, 5) is 14.3. The van der Waals surface area contributed by atoms with E-state index in [0.29, 0.717) is 25.4 Å². The Morgan fingerprint density at radius 1 is 1.35 bits per heavy atom. The first-order chi connectivity index (χ1) is 9.74. The third kappa shape index (κ3) is 2.69. The molecule has 1 atom stereocenters. The molecule has 4 heteroatoms. The zero-order valence-corrected chi connectivity index (χ0v) is 11.3. The highest BCUT2D eigenvalue weighted by Gasteiger charge is 2.26. The first-order valence-corrected chi connectivity index (χ1v) is 7.09. The SMILES string of the molecule is O=C(C1CC=CCC1)N1CCOc2ccc(F)cc2C1. The highest BCUT2D eigenvalue weighted by molar-refractivity contribution is 5.79. The molecular weight excluding hydrogens is 257 g/mol. The molecule has 3 nitrogen and oxygen atoms in total. The van der Waals surface area contributed by atoms with Gasteiger partial charge < -0.3 is 9.64 Å². The molecule has 0 bridgehead atoms. The molecule has 3 rings (SSSR count). The van der Waals surface area contributed by atoms with Crippen molar-refractivity contribution in [2.75, 3.05) is 13.2 Å². The molecule has 0 saturated carbocycles. The fourth-order valence-electron chi connectivity index (χ4n) is 2.83. The molecule has 20 heavy (non-hydrogen) atoms. The van der Waals surface area contributed by atoms with Gasteiger partial charge in [0.2, 0.25) is 5.91 Å². The number of ether oxygens (including phenoxy) is 1. The Bertz CT molecular complexity index is 541. The molecule has 1 aromatic rings.